The van der Waals surface area contributed by atoms with Gasteiger partial charge in [-0.1, -0.05) is 29.5 Å². The molecular weight excluding hydrogens is 462 g/mol. The number of thiazole rings is 1. The maximum Gasteiger partial charge on any atom is 0.270 e. The molecular formula is C23H22ClN5O3S. The van der Waals surface area contributed by atoms with Crippen LogP contribution in [-0.2, 0) is 11.3 Å². The van der Waals surface area contributed by atoms with E-state index >= 15 is 0 Å². The van der Waals surface area contributed by atoms with Gasteiger partial charge in [-0.3, -0.25) is 19.8 Å². The number of aromatic nitrogens is 3. The van der Waals surface area contributed by atoms with Gasteiger partial charge in [0.2, 0.25) is 0 Å². The highest BCUT2D eigenvalue weighted by Crippen LogP contribution is 2.30. The Balaban J connectivity index is 0.00000306. The SMILES string of the molecule is Cc1ccc2nc(N(CCCn3ccnc3)C(=O)/C=C/c3cccc([N+](=O)[O-])c3)sc2c1.Cl. The van der Waals surface area contributed by atoms with Crippen molar-refractivity contribution in [3.63, 3.8) is 0 Å². The molecule has 0 spiro atoms. The van der Waals surface area contributed by atoms with Crippen LogP contribution in [0.1, 0.15) is 17.5 Å². The number of rotatable bonds is 8. The maximum atomic E-state index is 13.1. The molecule has 170 valence electrons. The predicted molar refractivity (Wildman–Crippen MR) is 133 cm³/mol. The number of halogens is 1. The number of non-ortho nitro benzene ring substituents is 1. The smallest absolute Gasteiger partial charge is 0.270 e. The van der Waals surface area contributed by atoms with Gasteiger partial charge in [-0.05, 0) is 42.7 Å². The Morgan fingerprint density at radius 1 is 1.27 bits per heavy atom. The van der Waals surface area contributed by atoms with Crippen molar-refractivity contribution in [3.8, 4) is 0 Å². The van der Waals surface area contributed by atoms with Gasteiger partial charge in [0, 0.05) is 43.7 Å². The summed E-state index contributed by atoms with van der Waals surface area (Å²) in [5.41, 5.74) is 2.56. The van der Waals surface area contributed by atoms with E-state index in [9.17, 15) is 14.9 Å². The number of nitrogens with zero attached hydrogens (tertiary/aromatic N) is 5. The molecule has 2 aromatic heterocycles. The zero-order chi connectivity index (χ0) is 22.5. The van der Waals surface area contributed by atoms with Crippen molar-refractivity contribution in [1.82, 2.24) is 14.5 Å². The number of hydrogen-bond acceptors (Lipinski definition) is 6. The summed E-state index contributed by atoms with van der Waals surface area (Å²) in [7, 11) is 0. The van der Waals surface area contributed by atoms with E-state index in [1.807, 2.05) is 29.8 Å². The molecule has 4 aromatic rings. The first-order chi connectivity index (χ1) is 15.5. The number of nitro benzene ring substituents is 1. The molecule has 33 heavy (non-hydrogen) atoms. The number of carbonyl (C=O) groups excluding carboxylic acids is 1. The van der Waals surface area contributed by atoms with Gasteiger partial charge in [0.05, 0.1) is 21.5 Å². The quantitative estimate of drug-likeness (QED) is 0.193. The Labute approximate surface area is 200 Å². The van der Waals surface area contributed by atoms with Crippen molar-refractivity contribution in [1.29, 1.82) is 0 Å². The summed E-state index contributed by atoms with van der Waals surface area (Å²) < 4.78 is 2.98. The molecule has 0 bridgehead atoms. The summed E-state index contributed by atoms with van der Waals surface area (Å²) in [5, 5.41) is 11.6. The van der Waals surface area contributed by atoms with E-state index in [0.717, 1.165) is 28.7 Å². The van der Waals surface area contributed by atoms with Gasteiger partial charge in [0.25, 0.3) is 11.6 Å². The lowest BCUT2D eigenvalue weighted by Crippen LogP contribution is -2.30. The molecule has 8 nitrogen and oxygen atoms in total. The van der Waals surface area contributed by atoms with Gasteiger partial charge in [0.15, 0.2) is 5.13 Å². The van der Waals surface area contributed by atoms with Crippen molar-refractivity contribution in [2.45, 2.75) is 19.9 Å². The number of fused-ring (bicyclic) bond motifs is 1. The van der Waals surface area contributed by atoms with Gasteiger partial charge >= 0.3 is 0 Å². The standard InChI is InChI=1S/C23H21N5O3S.ClH/c1-17-6-8-20-21(14-17)32-23(25-20)27(12-3-11-26-13-10-24-16-26)22(29)9-7-18-4-2-5-19(15-18)28(30)31;/h2,4-10,13-16H,3,11-12H2,1H3;1H/b9-7+;. The van der Waals surface area contributed by atoms with Crippen LogP contribution in [0, 0.1) is 17.0 Å². The highest BCUT2D eigenvalue weighted by Gasteiger charge is 2.18. The van der Waals surface area contributed by atoms with Crippen LogP contribution in [0.25, 0.3) is 16.3 Å². The summed E-state index contributed by atoms with van der Waals surface area (Å²) in [5.74, 6) is -0.224. The second kappa shape index (κ2) is 10.8. The number of aryl methyl sites for hydroxylation is 2. The Morgan fingerprint density at radius 3 is 2.88 bits per heavy atom. The molecule has 10 heteroatoms. The largest absolute Gasteiger partial charge is 0.337 e. The third-order valence-electron chi connectivity index (χ3n) is 4.89. The normalized spacial score (nSPS) is 10.9. The lowest BCUT2D eigenvalue weighted by molar-refractivity contribution is -0.384. The molecule has 0 saturated heterocycles. The van der Waals surface area contributed by atoms with E-state index < -0.39 is 4.92 Å². The summed E-state index contributed by atoms with van der Waals surface area (Å²) in [6, 6.07) is 12.2. The molecule has 0 unspecified atom stereocenters. The molecule has 0 aliphatic rings. The molecule has 0 N–H and O–H groups in total. The predicted octanol–water partition coefficient (Wildman–Crippen LogP) is 5.27. The summed E-state index contributed by atoms with van der Waals surface area (Å²) in [6.45, 7) is 3.23. The van der Waals surface area contributed by atoms with Crippen LogP contribution in [0.4, 0.5) is 10.8 Å². The van der Waals surface area contributed by atoms with Crippen molar-refractivity contribution >= 4 is 56.8 Å². The van der Waals surface area contributed by atoms with Gasteiger partial charge in [-0.15, -0.1) is 12.4 Å². The van der Waals surface area contributed by atoms with E-state index in [1.165, 1.54) is 29.5 Å². The van der Waals surface area contributed by atoms with Crippen molar-refractivity contribution < 1.29 is 9.72 Å². The molecule has 0 aliphatic carbocycles. The minimum atomic E-state index is -0.454. The number of imidazole rings is 1. The van der Waals surface area contributed by atoms with E-state index in [-0.39, 0.29) is 24.0 Å². The van der Waals surface area contributed by atoms with Crippen LogP contribution in [0.5, 0.6) is 0 Å². The second-order valence-corrected chi connectivity index (χ2v) is 8.31. The van der Waals surface area contributed by atoms with Crippen LogP contribution in [0.15, 0.2) is 67.3 Å². The summed E-state index contributed by atoms with van der Waals surface area (Å²) in [6.07, 6.45) is 9.11. The maximum absolute atomic E-state index is 13.1. The van der Waals surface area contributed by atoms with Crippen molar-refractivity contribution in [2.75, 3.05) is 11.4 Å². The highest BCUT2D eigenvalue weighted by molar-refractivity contribution is 7.22. The minimum absolute atomic E-state index is 0. The van der Waals surface area contributed by atoms with Crippen LogP contribution < -0.4 is 4.90 Å². The van der Waals surface area contributed by atoms with Crippen LogP contribution in [-0.4, -0.2) is 31.9 Å². The first-order valence-electron chi connectivity index (χ1n) is 10.1. The zero-order valence-corrected chi connectivity index (χ0v) is 19.5. The molecule has 1 amide bonds. The van der Waals surface area contributed by atoms with E-state index in [1.54, 1.807) is 35.6 Å². The monoisotopic (exact) mass is 483 g/mol. The van der Waals surface area contributed by atoms with Crippen LogP contribution in [0.2, 0.25) is 0 Å². The average molecular weight is 484 g/mol. The van der Waals surface area contributed by atoms with Gasteiger partial charge in [-0.2, -0.15) is 0 Å². The van der Waals surface area contributed by atoms with E-state index in [0.29, 0.717) is 17.2 Å². The Kier molecular flexibility index (Phi) is 7.92. The van der Waals surface area contributed by atoms with Crippen molar-refractivity contribution in [2.24, 2.45) is 0 Å². The van der Waals surface area contributed by atoms with E-state index in [4.69, 9.17) is 0 Å². The number of benzene rings is 2. The van der Waals surface area contributed by atoms with Crippen molar-refractivity contribution in [3.05, 3.63) is 88.5 Å². The lowest BCUT2D eigenvalue weighted by Gasteiger charge is -2.18. The van der Waals surface area contributed by atoms with Crippen LogP contribution in [0.3, 0.4) is 0 Å². The second-order valence-electron chi connectivity index (χ2n) is 7.30. The molecule has 0 atom stereocenters. The van der Waals surface area contributed by atoms with Gasteiger partial charge < -0.3 is 4.57 Å². The third kappa shape index (κ3) is 6.03. The fourth-order valence-electron chi connectivity index (χ4n) is 3.27. The molecule has 2 aromatic carbocycles. The van der Waals surface area contributed by atoms with E-state index in [2.05, 4.69) is 16.0 Å². The molecule has 0 radical (unpaired) electrons. The fourth-order valence-corrected chi connectivity index (χ4v) is 4.36. The number of hydrogen-bond donors (Lipinski definition) is 0. The summed E-state index contributed by atoms with van der Waals surface area (Å²) in [4.78, 5) is 34.0. The Bertz CT molecular complexity index is 1290. The average Bonchev–Trinajstić information content (AvgIpc) is 3.44. The number of carbonyl (C=O) groups is 1. The first kappa shape index (κ1) is 24.1. The molecule has 0 saturated carbocycles. The topological polar surface area (TPSA) is 94.2 Å². The Morgan fingerprint density at radius 2 is 2.12 bits per heavy atom. The fraction of sp³-hybridized carbons (Fsp3) is 0.174. The lowest BCUT2D eigenvalue weighted by atomic mass is 10.2. The zero-order valence-electron chi connectivity index (χ0n) is 17.8. The van der Waals surface area contributed by atoms with Crippen LogP contribution >= 0.6 is 23.7 Å². The highest BCUT2D eigenvalue weighted by atomic mass is 35.5. The summed E-state index contributed by atoms with van der Waals surface area (Å²) >= 11 is 1.48. The molecule has 4 rings (SSSR count). The number of anilines is 1. The first-order valence-corrected chi connectivity index (χ1v) is 10.9. The van der Waals surface area contributed by atoms with Gasteiger partial charge in [0.1, 0.15) is 0 Å². The molecule has 0 aliphatic heterocycles. The molecule has 0 fully saturated rings. The Hall–Kier alpha value is -3.56. The number of nitro groups is 1. The minimum Gasteiger partial charge on any atom is -0.337 e. The third-order valence-corrected chi connectivity index (χ3v) is 5.93. The number of amides is 1. The van der Waals surface area contributed by atoms with Gasteiger partial charge in [-0.25, -0.2) is 9.97 Å². The molecule has 2 heterocycles.